The Morgan fingerprint density at radius 3 is 2.76 bits per heavy atom. The summed E-state index contributed by atoms with van der Waals surface area (Å²) in [5, 5.41) is 4.69. The number of amidine groups is 1. The quantitative estimate of drug-likeness (QED) is 0.808. The summed E-state index contributed by atoms with van der Waals surface area (Å²) in [7, 11) is 0. The van der Waals surface area contributed by atoms with E-state index in [0.29, 0.717) is 6.61 Å². The van der Waals surface area contributed by atoms with Gasteiger partial charge in [0.05, 0.1) is 19.2 Å². The van der Waals surface area contributed by atoms with Gasteiger partial charge in [-0.25, -0.2) is 0 Å². The van der Waals surface area contributed by atoms with Gasteiger partial charge in [-0.1, -0.05) is 42.1 Å². The van der Waals surface area contributed by atoms with E-state index in [1.165, 1.54) is 22.3 Å². The number of ether oxygens (including phenoxy) is 1. The van der Waals surface area contributed by atoms with E-state index in [0.717, 1.165) is 29.6 Å². The van der Waals surface area contributed by atoms with Gasteiger partial charge in [-0.15, -0.1) is 0 Å². The summed E-state index contributed by atoms with van der Waals surface area (Å²) in [5.41, 5.74) is 5.23. The number of hydrogen-bond donors (Lipinski definition) is 1. The van der Waals surface area contributed by atoms with Gasteiger partial charge in [-0.05, 0) is 55.2 Å². The van der Waals surface area contributed by atoms with Crippen LogP contribution in [0.5, 0.6) is 5.75 Å². The highest BCUT2D eigenvalue weighted by Crippen LogP contribution is 2.25. The standard InChI is InChI=1S/C21H26N2OS/c1-15-6-4-8-18(14-15)24-12-10-20(23-21-22-11-13-25-21)19-9-5-7-16(2)17(19)3/h4-9,14,20H,10-13H2,1-3H3,(H,22,23). The van der Waals surface area contributed by atoms with Gasteiger partial charge in [-0.3, -0.25) is 4.99 Å². The zero-order valence-corrected chi connectivity index (χ0v) is 16.0. The van der Waals surface area contributed by atoms with Crippen molar-refractivity contribution in [1.29, 1.82) is 0 Å². The molecule has 1 aliphatic rings. The first kappa shape index (κ1) is 17.9. The molecular formula is C21H26N2OS. The lowest BCUT2D eigenvalue weighted by Gasteiger charge is -2.23. The van der Waals surface area contributed by atoms with Crippen molar-refractivity contribution < 1.29 is 4.74 Å². The van der Waals surface area contributed by atoms with Gasteiger partial charge < -0.3 is 10.1 Å². The van der Waals surface area contributed by atoms with Crippen LogP contribution >= 0.6 is 11.8 Å². The van der Waals surface area contributed by atoms with Crippen LogP contribution in [0, 0.1) is 20.8 Å². The molecule has 0 saturated heterocycles. The molecule has 0 saturated carbocycles. The van der Waals surface area contributed by atoms with E-state index < -0.39 is 0 Å². The molecule has 0 radical (unpaired) electrons. The van der Waals surface area contributed by atoms with Crippen molar-refractivity contribution in [3.8, 4) is 5.75 Å². The van der Waals surface area contributed by atoms with E-state index in [4.69, 9.17) is 4.74 Å². The third kappa shape index (κ3) is 4.79. The van der Waals surface area contributed by atoms with Crippen LogP contribution in [0.3, 0.4) is 0 Å². The van der Waals surface area contributed by atoms with Crippen molar-refractivity contribution in [2.45, 2.75) is 33.2 Å². The Kier molecular flexibility index (Phi) is 6.03. The Hall–Kier alpha value is -1.94. The molecule has 0 bridgehead atoms. The highest BCUT2D eigenvalue weighted by Gasteiger charge is 2.18. The number of nitrogens with one attached hydrogen (secondary N) is 1. The third-order valence-corrected chi connectivity index (χ3v) is 5.48. The minimum atomic E-state index is 0.217. The smallest absolute Gasteiger partial charge is 0.157 e. The van der Waals surface area contributed by atoms with E-state index in [2.05, 4.69) is 61.4 Å². The monoisotopic (exact) mass is 354 g/mol. The van der Waals surface area contributed by atoms with Crippen molar-refractivity contribution in [1.82, 2.24) is 5.32 Å². The second-order valence-corrected chi connectivity index (χ2v) is 7.56. The summed E-state index contributed by atoms with van der Waals surface area (Å²) < 4.78 is 5.99. The molecule has 0 fully saturated rings. The molecule has 4 heteroatoms. The predicted octanol–water partition coefficient (Wildman–Crippen LogP) is 4.81. The molecule has 132 valence electrons. The van der Waals surface area contributed by atoms with Crippen LogP contribution in [0.4, 0.5) is 0 Å². The highest BCUT2D eigenvalue weighted by atomic mass is 32.2. The maximum atomic E-state index is 5.99. The summed E-state index contributed by atoms with van der Waals surface area (Å²) in [6, 6.07) is 15.0. The first-order chi connectivity index (χ1) is 12.1. The van der Waals surface area contributed by atoms with Gasteiger partial charge in [0.1, 0.15) is 5.75 Å². The van der Waals surface area contributed by atoms with E-state index in [1.807, 2.05) is 12.1 Å². The number of hydrogen-bond acceptors (Lipinski definition) is 4. The van der Waals surface area contributed by atoms with Crippen LogP contribution in [0.25, 0.3) is 0 Å². The molecule has 3 rings (SSSR count). The normalized spacial score (nSPS) is 14.9. The second kappa shape index (κ2) is 8.43. The van der Waals surface area contributed by atoms with Gasteiger partial charge in [0, 0.05) is 12.2 Å². The van der Waals surface area contributed by atoms with Gasteiger partial charge >= 0.3 is 0 Å². The first-order valence-electron chi connectivity index (χ1n) is 8.83. The SMILES string of the molecule is Cc1cccc(OCCC(NC2=NCCS2)c2cccc(C)c2C)c1. The summed E-state index contributed by atoms with van der Waals surface area (Å²) >= 11 is 1.81. The number of aryl methyl sites for hydroxylation is 2. The Morgan fingerprint density at radius 2 is 2.00 bits per heavy atom. The predicted molar refractivity (Wildman–Crippen MR) is 108 cm³/mol. The number of benzene rings is 2. The molecule has 1 N–H and O–H groups in total. The molecule has 1 unspecified atom stereocenters. The summed E-state index contributed by atoms with van der Waals surface area (Å²) in [6.45, 7) is 8.03. The molecule has 1 heterocycles. The van der Waals surface area contributed by atoms with Crippen LogP contribution in [0.1, 0.15) is 34.7 Å². The summed E-state index contributed by atoms with van der Waals surface area (Å²) in [4.78, 5) is 4.56. The van der Waals surface area contributed by atoms with Crippen LogP contribution in [-0.2, 0) is 0 Å². The topological polar surface area (TPSA) is 33.6 Å². The van der Waals surface area contributed by atoms with E-state index in [-0.39, 0.29) is 6.04 Å². The molecular weight excluding hydrogens is 328 g/mol. The summed E-state index contributed by atoms with van der Waals surface area (Å²) in [6.07, 6.45) is 0.901. The van der Waals surface area contributed by atoms with Crippen molar-refractivity contribution in [2.75, 3.05) is 18.9 Å². The number of nitrogens with zero attached hydrogens (tertiary/aromatic N) is 1. The van der Waals surface area contributed by atoms with Crippen LogP contribution in [0.15, 0.2) is 47.5 Å². The Morgan fingerprint density at radius 1 is 1.16 bits per heavy atom. The van der Waals surface area contributed by atoms with Crippen molar-refractivity contribution >= 4 is 16.9 Å². The number of rotatable bonds is 6. The lowest BCUT2D eigenvalue weighted by molar-refractivity contribution is 0.293. The lowest BCUT2D eigenvalue weighted by Crippen LogP contribution is -2.27. The third-order valence-electron chi connectivity index (χ3n) is 4.57. The van der Waals surface area contributed by atoms with Crippen LogP contribution in [0.2, 0.25) is 0 Å². The molecule has 3 nitrogen and oxygen atoms in total. The van der Waals surface area contributed by atoms with Crippen LogP contribution in [-0.4, -0.2) is 24.1 Å². The molecule has 2 aromatic carbocycles. The fraction of sp³-hybridized carbons (Fsp3) is 0.381. The maximum Gasteiger partial charge on any atom is 0.157 e. The molecule has 0 aliphatic carbocycles. The minimum Gasteiger partial charge on any atom is -0.493 e. The van der Waals surface area contributed by atoms with Crippen molar-refractivity contribution in [3.05, 3.63) is 64.7 Å². The summed E-state index contributed by atoms with van der Waals surface area (Å²) in [5.74, 6) is 2.01. The Bertz CT molecular complexity index is 757. The minimum absolute atomic E-state index is 0.217. The largest absolute Gasteiger partial charge is 0.493 e. The van der Waals surface area contributed by atoms with E-state index in [9.17, 15) is 0 Å². The van der Waals surface area contributed by atoms with Crippen molar-refractivity contribution in [3.63, 3.8) is 0 Å². The van der Waals surface area contributed by atoms with Crippen molar-refractivity contribution in [2.24, 2.45) is 4.99 Å². The van der Waals surface area contributed by atoms with Gasteiger partial charge in [-0.2, -0.15) is 0 Å². The molecule has 0 aromatic heterocycles. The lowest BCUT2D eigenvalue weighted by atomic mass is 9.96. The highest BCUT2D eigenvalue weighted by molar-refractivity contribution is 8.14. The van der Waals surface area contributed by atoms with E-state index >= 15 is 0 Å². The molecule has 1 aliphatic heterocycles. The first-order valence-corrected chi connectivity index (χ1v) is 9.81. The molecule has 2 aromatic rings. The Balaban J connectivity index is 1.70. The molecule has 0 spiro atoms. The average Bonchev–Trinajstić information content (AvgIpc) is 3.10. The van der Waals surface area contributed by atoms with Gasteiger partial charge in [0.15, 0.2) is 5.17 Å². The average molecular weight is 355 g/mol. The maximum absolute atomic E-state index is 5.99. The zero-order valence-electron chi connectivity index (χ0n) is 15.2. The zero-order chi connectivity index (χ0) is 17.6. The molecule has 1 atom stereocenters. The van der Waals surface area contributed by atoms with Gasteiger partial charge in [0.2, 0.25) is 0 Å². The molecule has 0 amide bonds. The number of aliphatic imine (C=N–C) groups is 1. The fourth-order valence-corrected chi connectivity index (χ4v) is 3.81. The number of thioether (sulfide) groups is 1. The van der Waals surface area contributed by atoms with E-state index in [1.54, 1.807) is 11.8 Å². The Labute approximate surface area is 154 Å². The molecule has 25 heavy (non-hydrogen) atoms. The second-order valence-electron chi connectivity index (χ2n) is 6.48. The van der Waals surface area contributed by atoms with Gasteiger partial charge in [0.25, 0.3) is 0 Å². The fourth-order valence-electron chi connectivity index (χ4n) is 3.03. The van der Waals surface area contributed by atoms with Crippen LogP contribution < -0.4 is 10.1 Å².